The van der Waals surface area contributed by atoms with Gasteiger partial charge in [0.1, 0.15) is 5.75 Å². The number of carboxylic acid groups (broad SMARTS) is 1. The maximum Gasteiger partial charge on any atom is 0.305 e. The van der Waals surface area contributed by atoms with Crippen LogP contribution in [-0.4, -0.2) is 23.6 Å². The van der Waals surface area contributed by atoms with Crippen molar-refractivity contribution in [1.29, 1.82) is 0 Å². The van der Waals surface area contributed by atoms with Crippen molar-refractivity contribution >= 4 is 11.9 Å². The minimum Gasteiger partial charge on any atom is -0.494 e. The summed E-state index contributed by atoms with van der Waals surface area (Å²) in [6.07, 6.45) is -0.189. The Morgan fingerprint density at radius 2 is 1.71 bits per heavy atom. The molecule has 0 aliphatic rings. The van der Waals surface area contributed by atoms with E-state index in [9.17, 15) is 9.59 Å². The average Bonchev–Trinajstić information content (AvgIpc) is 2.55. The molecule has 2 aromatic carbocycles. The fourth-order valence-corrected chi connectivity index (χ4v) is 2.34. The Kier molecular flexibility index (Phi) is 5.95. The molecule has 0 aromatic heterocycles. The van der Waals surface area contributed by atoms with E-state index in [1.807, 2.05) is 26.0 Å². The molecule has 2 N–H and O–H groups in total. The fraction of sp³-hybridized carbons (Fsp3) is 0.263. The van der Waals surface area contributed by atoms with Crippen LogP contribution >= 0.6 is 0 Å². The third-order valence-electron chi connectivity index (χ3n) is 3.59. The fourth-order valence-electron chi connectivity index (χ4n) is 2.34. The Morgan fingerprint density at radius 3 is 2.25 bits per heavy atom. The van der Waals surface area contributed by atoms with Gasteiger partial charge in [-0.1, -0.05) is 29.8 Å². The van der Waals surface area contributed by atoms with Crippen LogP contribution in [0.15, 0.2) is 48.5 Å². The predicted molar refractivity (Wildman–Crippen MR) is 91.3 cm³/mol. The summed E-state index contributed by atoms with van der Waals surface area (Å²) in [6, 6.07) is 13.6. The zero-order chi connectivity index (χ0) is 17.5. The van der Waals surface area contributed by atoms with E-state index in [0.29, 0.717) is 17.9 Å². The standard InChI is InChI=1S/C19H21NO4/c1-3-24-16-10-8-14(9-11-16)17(12-18(21)22)20-19(23)15-6-4-13(2)5-7-15/h4-11,17H,3,12H2,1-2H3,(H,20,23)(H,21,22)/t17-/m0/s1. The molecule has 5 nitrogen and oxygen atoms in total. The number of carbonyl (C=O) groups is 2. The number of aliphatic carboxylic acids is 1. The topological polar surface area (TPSA) is 75.6 Å². The zero-order valence-electron chi connectivity index (χ0n) is 13.8. The summed E-state index contributed by atoms with van der Waals surface area (Å²) < 4.78 is 5.38. The first-order chi connectivity index (χ1) is 11.5. The monoisotopic (exact) mass is 327 g/mol. The molecule has 0 spiro atoms. The first-order valence-corrected chi connectivity index (χ1v) is 7.81. The number of ether oxygens (including phenoxy) is 1. The minimum atomic E-state index is -0.974. The van der Waals surface area contributed by atoms with Gasteiger partial charge in [-0.05, 0) is 43.7 Å². The quantitative estimate of drug-likeness (QED) is 0.818. The first-order valence-electron chi connectivity index (χ1n) is 7.81. The third kappa shape index (κ3) is 4.84. The molecule has 1 atom stereocenters. The maximum atomic E-state index is 12.4. The highest BCUT2D eigenvalue weighted by Crippen LogP contribution is 2.21. The zero-order valence-corrected chi connectivity index (χ0v) is 13.8. The summed E-state index contributed by atoms with van der Waals surface area (Å²) in [6.45, 7) is 4.39. The molecule has 24 heavy (non-hydrogen) atoms. The Balaban J connectivity index is 2.16. The lowest BCUT2D eigenvalue weighted by Gasteiger charge is -2.18. The molecule has 0 saturated heterocycles. The van der Waals surface area contributed by atoms with Gasteiger partial charge in [-0.15, -0.1) is 0 Å². The van der Waals surface area contributed by atoms with Crippen molar-refractivity contribution in [1.82, 2.24) is 5.32 Å². The summed E-state index contributed by atoms with van der Waals surface area (Å²) in [5.74, 6) is -0.562. The van der Waals surface area contributed by atoms with Crippen LogP contribution in [0.4, 0.5) is 0 Å². The normalized spacial score (nSPS) is 11.6. The molecule has 0 radical (unpaired) electrons. The lowest BCUT2D eigenvalue weighted by molar-refractivity contribution is -0.137. The van der Waals surface area contributed by atoms with Crippen molar-refractivity contribution in [2.75, 3.05) is 6.61 Å². The van der Waals surface area contributed by atoms with Crippen molar-refractivity contribution in [3.8, 4) is 5.75 Å². The Morgan fingerprint density at radius 1 is 1.08 bits per heavy atom. The van der Waals surface area contributed by atoms with Crippen LogP contribution < -0.4 is 10.1 Å². The molecule has 5 heteroatoms. The van der Waals surface area contributed by atoms with Crippen molar-refractivity contribution in [3.63, 3.8) is 0 Å². The number of carboxylic acids is 1. The molecule has 0 bridgehead atoms. The molecule has 126 valence electrons. The van der Waals surface area contributed by atoms with Crippen LogP contribution in [0.2, 0.25) is 0 Å². The van der Waals surface area contributed by atoms with Gasteiger partial charge < -0.3 is 15.2 Å². The molecule has 0 heterocycles. The van der Waals surface area contributed by atoms with Crippen LogP contribution in [0.1, 0.15) is 40.9 Å². The average molecular weight is 327 g/mol. The van der Waals surface area contributed by atoms with Crippen LogP contribution in [0.25, 0.3) is 0 Å². The van der Waals surface area contributed by atoms with E-state index >= 15 is 0 Å². The highest BCUT2D eigenvalue weighted by atomic mass is 16.5. The summed E-state index contributed by atoms with van der Waals surface area (Å²) in [7, 11) is 0. The third-order valence-corrected chi connectivity index (χ3v) is 3.59. The van der Waals surface area contributed by atoms with E-state index in [4.69, 9.17) is 9.84 Å². The van der Waals surface area contributed by atoms with Gasteiger partial charge in [-0.25, -0.2) is 0 Å². The van der Waals surface area contributed by atoms with Gasteiger partial charge >= 0.3 is 5.97 Å². The smallest absolute Gasteiger partial charge is 0.305 e. The second-order valence-corrected chi connectivity index (χ2v) is 5.49. The van der Waals surface area contributed by atoms with Crippen LogP contribution in [0, 0.1) is 6.92 Å². The van der Waals surface area contributed by atoms with E-state index in [0.717, 1.165) is 11.1 Å². The lowest BCUT2D eigenvalue weighted by Crippen LogP contribution is -2.30. The van der Waals surface area contributed by atoms with Crippen molar-refractivity contribution in [2.45, 2.75) is 26.3 Å². The summed E-state index contributed by atoms with van der Waals surface area (Å²) in [5.41, 5.74) is 2.28. The van der Waals surface area contributed by atoms with E-state index in [1.165, 1.54) is 0 Å². The molecule has 0 saturated carbocycles. The largest absolute Gasteiger partial charge is 0.494 e. The number of carbonyl (C=O) groups excluding carboxylic acids is 1. The Bertz CT molecular complexity index is 692. The molecule has 0 aliphatic carbocycles. The number of aryl methyl sites for hydroxylation is 1. The SMILES string of the molecule is CCOc1ccc([C@H](CC(=O)O)NC(=O)c2ccc(C)cc2)cc1. The molecule has 0 fully saturated rings. The van der Waals surface area contributed by atoms with Crippen molar-refractivity contribution in [3.05, 3.63) is 65.2 Å². The second kappa shape index (κ2) is 8.15. The first kappa shape index (κ1) is 17.5. The van der Waals surface area contributed by atoms with E-state index in [1.54, 1.807) is 36.4 Å². The van der Waals surface area contributed by atoms with E-state index in [2.05, 4.69) is 5.32 Å². The highest BCUT2D eigenvalue weighted by molar-refractivity contribution is 5.94. The number of amides is 1. The molecule has 2 rings (SSSR count). The lowest BCUT2D eigenvalue weighted by atomic mass is 10.0. The maximum absolute atomic E-state index is 12.4. The molecular weight excluding hydrogens is 306 g/mol. The Labute approximate surface area is 141 Å². The number of hydrogen-bond acceptors (Lipinski definition) is 3. The summed E-state index contributed by atoms with van der Waals surface area (Å²) in [4.78, 5) is 23.5. The van der Waals surface area contributed by atoms with E-state index < -0.39 is 12.0 Å². The number of benzene rings is 2. The van der Waals surface area contributed by atoms with Gasteiger partial charge in [0.15, 0.2) is 0 Å². The second-order valence-electron chi connectivity index (χ2n) is 5.49. The summed E-state index contributed by atoms with van der Waals surface area (Å²) in [5, 5.41) is 11.9. The minimum absolute atomic E-state index is 0.189. The van der Waals surface area contributed by atoms with Crippen molar-refractivity contribution < 1.29 is 19.4 Å². The van der Waals surface area contributed by atoms with Gasteiger partial charge in [0.25, 0.3) is 5.91 Å². The molecule has 2 aromatic rings. The van der Waals surface area contributed by atoms with Gasteiger partial charge in [0, 0.05) is 5.56 Å². The van der Waals surface area contributed by atoms with Gasteiger partial charge in [0.2, 0.25) is 0 Å². The number of rotatable bonds is 7. The molecule has 0 aliphatic heterocycles. The van der Waals surface area contributed by atoms with Crippen molar-refractivity contribution in [2.24, 2.45) is 0 Å². The van der Waals surface area contributed by atoms with Gasteiger partial charge in [-0.2, -0.15) is 0 Å². The van der Waals surface area contributed by atoms with Gasteiger partial charge in [-0.3, -0.25) is 9.59 Å². The predicted octanol–water partition coefficient (Wildman–Crippen LogP) is 3.34. The van der Waals surface area contributed by atoms with Crippen LogP contribution in [0.5, 0.6) is 5.75 Å². The molecular formula is C19H21NO4. The number of nitrogens with one attached hydrogen (secondary N) is 1. The Hall–Kier alpha value is -2.82. The van der Waals surface area contributed by atoms with Crippen LogP contribution in [0.3, 0.4) is 0 Å². The molecule has 1 amide bonds. The summed E-state index contributed by atoms with van der Waals surface area (Å²) >= 11 is 0. The van der Waals surface area contributed by atoms with Gasteiger partial charge in [0.05, 0.1) is 19.1 Å². The van der Waals surface area contributed by atoms with Crippen LogP contribution in [-0.2, 0) is 4.79 Å². The number of hydrogen-bond donors (Lipinski definition) is 2. The highest BCUT2D eigenvalue weighted by Gasteiger charge is 2.19. The molecule has 0 unspecified atom stereocenters. The van der Waals surface area contributed by atoms with E-state index in [-0.39, 0.29) is 12.3 Å².